The molecule has 1 N–H and O–H groups in total. The summed E-state index contributed by atoms with van der Waals surface area (Å²) in [5.74, 6) is 1.56. The van der Waals surface area contributed by atoms with Gasteiger partial charge >= 0.3 is 0 Å². The number of anilines is 2. The zero-order valence-electron chi connectivity index (χ0n) is 16.4. The van der Waals surface area contributed by atoms with Crippen molar-refractivity contribution in [2.24, 2.45) is 0 Å². The van der Waals surface area contributed by atoms with E-state index in [9.17, 15) is 4.39 Å². The standard InChI is InChI=1S/C22H22BrClFN5/c23-15-1-6-19-20(12-15)28-22(21(27-19)26-17-3-4-17)30-9-7-29(8-10-30)13-14-11-16(24)2-5-18(14)25/h1-2,5-6,11-12,17H,3-4,7-10,13H2,(H,26,27). The van der Waals surface area contributed by atoms with Crippen LogP contribution >= 0.6 is 27.5 Å². The molecule has 3 aromatic rings. The summed E-state index contributed by atoms with van der Waals surface area (Å²) in [6.07, 6.45) is 2.36. The summed E-state index contributed by atoms with van der Waals surface area (Å²) in [6, 6.07) is 11.2. The number of halogens is 3. The average molecular weight is 491 g/mol. The predicted molar refractivity (Wildman–Crippen MR) is 123 cm³/mol. The number of hydrogen-bond acceptors (Lipinski definition) is 5. The van der Waals surface area contributed by atoms with E-state index in [4.69, 9.17) is 21.6 Å². The van der Waals surface area contributed by atoms with Crippen molar-refractivity contribution >= 4 is 50.2 Å². The Morgan fingerprint density at radius 1 is 1.03 bits per heavy atom. The molecule has 1 aromatic heterocycles. The van der Waals surface area contributed by atoms with Crippen LogP contribution in [-0.4, -0.2) is 47.1 Å². The smallest absolute Gasteiger partial charge is 0.172 e. The maximum absolute atomic E-state index is 14.1. The number of aromatic nitrogens is 2. The molecule has 1 saturated carbocycles. The normalized spacial score (nSPS) is 17.5. The zero-order valence-corrected chi connectivity index (χ0v) is 18.8. The van der Waals surface area contributed by atoms with Crippen molar-refractivity contribution in [3.8, 4) is 0 Å². The van der Waals surface area contributed by atoms with E-state index in [1.54, 1.807) is 12.1 Å². The second-order valence-electron chi connectivity index (χ2n) is 7.95. The highest BCUT2D eigenvalue weighted by Gasteiger charge is 2.27. The summed E-state index contributed by atoms with van der Waals surface area (Å²) >= 11 is 9.57. The van der Waals surface area contributed by atoms with Crippen LogP contribution in [0.1, 0.15) is 18.4 Å². The molecule has 5 nitrogen and oxygen atoms in total. The van der Waals surface area contributed by atoms with E-state index < -0.39 is 0 Å². The van der Waals surface area contributed by atoms with Gasteiger partial charge in [0, 0.05) is 53.8 Å². The predicted octanol–water partition coefficient (Wildman–Crippen LogP) is 5.08. The van der Waals surface area contributed by atoms with E-state index in [0.717, 1.165) is 53.3 Å². The molecule has 5 rings (SSSR count). The van der Waals surface area contributed by atoms with Crippen LogP contribution in [0, 0.1) is 5.82 Å². The summed E-state index contributed by atoms with van der Waals surface area (Å²) in [5.41, 5.74) is 2.41. The molecule has 1 aliphatic heterocycles. The molecule has 156 valence electrons. The van der Waals surface area contributed by atoms with Crippen molar-refractivity contribution in [3.05, 3.63) is 57.3 Å². The molecule has 2 fully saturated rings. The number of benzene rings is 2. The van der Waals surface area contributed by atoms with E-state index in [-0.39, 0.29) is 5.82 Å². The number of hydrogen-bond donors (Lipinski definition) is 1. The summed E-state index contributed by atoms with van der Waals surface area (Å²) in [7, 11) is 0. The first-order chi connectivity index (χ1) is 14.5. The Balaban J connectivity index is 1.35. The molecular formula is C22H22BrClFN5. The number of nitrogens with zero attached hydrogens (tertiary/aromatic N) is 4. The molecule has 0 spiro atoms. The molecule has 0 radical (unpaired) electrons. The Hall–Kier alpha value is -1.96. The monoisotopic (exact) mass is 489 g/mol. The largest absolute Gasteiger partial charge is 0.364 e. The topological polar surface area (TPSA) is 44.3 Å². The van der Waals surface area contributed by atoms with Crippen molar-refractivity contribution in [2.45, 2.75) is 25.4 Å². The molecule has 0 bridgehead atoms. The number of rotatable bonds is 5. The van der Waals surface area contributed by atoms with Crippen molar-refractivity contribution in [1.29, 1.82) is 0 Å². The fourth-order valence-electron chi connectivity index (χ4n) is 3.78. The lowest BCUT2D eigenvalue weighted by Crippen LogP contribution is -2.46. The molecule has 2 aromatic carbocycles. The lowest BCUT2D eigenvalue weighted by Gasteiger charge is -2.36. The Bertz CT molecular complexity index is 1080. The van der Waals surface area contributed by atoms with Crippen LogP contribution in [-0.2, 0) is 6.54 Å². The van der Waals surface area contributed by atoms with E-state index in [2.05, 4.69) is 31.0 Å². The molecule has 1 aliphatic carbocycles. The van der Waals surface area contributed by atoms with Crippen LogP contribution in [0.4, 0.5) is 16.0 Å². The van der Waals surface area contributed by atoms with Gasteiger partial charge in [0.2, 0.25) is 0 Å². The third-order valence-corrected chi connectivity index (χ3v) is 6.33. The second kappa shape index (κ2) is 8.29. The van der Waals surface area contributed by atoms with Crippen molar-refractivity contribution in [3.63, 3.8) is 0 Å². The Morgan fingerprint density at radius 3 is 2.60 bits per heavy atom. The first-order valence-corrected chi connectivity index (χ1v) is 11.4. The quantitative estimate of drug-likeness (QED) is 0.540. The lowest BCUT2D eigenvalue weighted by molar-refractivity contribution is 0.246. The van der Waals surface area contributed by atoms with Gasteiger partial charge in [-0.2, -0.15) is 0 Å². The molecule has 30 heavy (non-hydrogen) atoms. The highest BCUT2D eigenvalue weighted by Crippen LogP contribution is 2.32. The van der Waals surface area contributed by atoms with Gasteiger partial charge in [-0.1, -0.05) is 27.5 Å². The van der Waals surface area contributed by atoms with Crippen molar-refractivity contribution in [2.75, 3.05) is 36.4 Å². The number of fused-ring (bicyclic) bond motifs is 1. The van der Waals surface area contributed by atoms with Gasteiger partial charge in [0.25, 0.3) is 0 Å². The van der Waals surface area contributed by atoms with Gasteiger partial charge in [-0.05, 0) is 49.2 Å². The number of piperazine rings is 1. The highest BCUT2D eigenvalue weighted by atomic mass is 79.9. The third-order valence-electron chi connectivity index (χ3n) is 5.60. The fourth-order valence-corrected chi connectivity index (χ4v) is 4.32. The van der Waals surface area contributed by atoms with Crippen LogP contribution in [0.25, 0.3) is 11.0 Å². The molecule has 0 atom stereocenters. The minimum absolute atomic E-state index is 0.205. The van der Waals surface area contributed by atoms with Crippen molar-refractivity contribution < 1.29 is 4.39 Å². The molecule has 0 amide bonds. The Labute approximate surface area is 188 Å². The fraction of sp³-hybridized carbons (Fsp3) is 0.364. The van der Waals surface area contributed by atoms with E-state index in [1.807, 2.05) is 18.2 Å². The van der Waals surface area contributed by atoms with E-state index >= 15 is 0 Å². The second-order valence-corrected chi connectivity index (χ2v) is 9.30. The minimum Gasteiger partial charge on any atom is -0.364 e. The Morgan fingerprint density at radius 2 is 1.83 bits per heavy atom. The first-order valence-electron chi connectivity index (χ1n) is 10.2. The van der Waals surface area contributed by atoms with Gasteiger partial charge in [0.1, 0.15) is 5.82 Å². The van der Waals surface area contributed by atoms with E-state index in [0.29, 0.717) is 23.2 Å². The molecule has 8 heteroatoms. The van der Waals surface area contributed by atoms with Gasteiger partial charge in [0.05, 0.1) is 11.0 Å². The van der Waals surface area contributed by atoms with Crippen LogP contribution in [0.5, 0.6) is 0 Å². The minimum atomic E-state index is -0.205. The van der Waals surface area contributed by atoms with Crippen LogP contribution in [0.2, 0.25) is 5.02 Å². The average Bonchev–Trinajstić information content (AvgIpc) is 3.55. The third kappa shape index (κ3) is 4.38. The van der Waals surface area contributed by atoms with Crippen LogP contribution in [0.15, 0.2) is 40.9 Å². The van der Waals surface area contributed by atoms with Gasteiger partial charge in [-0.3, -0.25) is 4.90 Å². The molecule has 0 unspecified atom stereocenters. The highest BCUT2D eigenvalue weighted by molar-refractivity contribution is 9.10. The number of nitrogens with one attached hydrogen (secondary N) is 1. The maximum atomic E-state index is 14.1. The van der Waals surface area contributed by atoms with Gasteiger partial charge in [-0.15, -0.1) is 0 Å². The molecule has 2 heterocycles. The van der Waals surface area contributed by atoms with Crippen LogP contribution in [0.3, 0.4) is 0 Å². The summed E-state index contributed by atoms with van der Waals surface area (Å²) < 4.78 is 15.1. The van der Waals surface area contributed by atoms with Crippen molar-refractivity contribution in [1.82, 2.24) is 14.9 Å². The molecule has 2 aliphatic rings. The zero-order chi connectivity index (χ0) is 20.7. The van der Waals surface area contributed by atoms with Gasteiger partial charge < -0.3 is 10.2 Å². The Kier molecular flexibility index (Phi) is 5.52. The summed E-state index contributed by atoms with van der Waals surface area (Å²) in [5, 5.41) is 4.12. The lowest BCUT2D eigenvalue weighted by atomic mass is 10.2. The maximum Gasteiger partial charge on any atom is 0.172 e. The summed E-state index contributed by atoms with van der Waals surface area (Å²) in [6.45, 7) is 3.84. The SMILES string of the molecule is Fc1ccc(Cl)cc1CN1CCN(c2nc3cc(Br)ccc3nc2NC2CC2)CC1. The van der Waals surface area contributed by atoms with E-state index in [1.165, 1.54) is 18.9 Å². The first kappa shape index (κ1) is 20.0. The van der Waals surface area contributed by atoms with Gasteiger partial charge in [-0.25, -0.2) is 14.4 Å². The summed E-state index contributed by atoms with van der Waals surface area (Å²) in [4.78, 5) is 14.4. The molecular weight excluding hydrogens is 469 g/mol. The van der Waals surface area contributed by atoms with Crippen LogP contribution < -0.4 is 10.2 Å². The van der Waals surface area contributed by atoms with Gasteiger partial charge in [0.15, 0.2) is 11.6 Å². The molecule has 1 saturated heterocycles.